The first kappa shape index (κ1) is 15.7. The molecule has 0 saturated heterocycles. The van der Waals surface area contributed by atoms with Gasteiger partial charge in [-0.25, -0.2) is 4.98 Å². The van der Waals surface area contributed by atoms with Crippen molar-refractivity contribution in [3.8, 4) is 11.4 Å². The van der Waals surface area contributed by atoms with E-state index in [-0.39, 0.29) is 5.78 Å². The number of aromatic nitrogens is 2. The molecule has 25 heavy (non-hydrogen) atoms. The summed E-state index contributed by atoms with van der Waals surface area (Å²) >= 11 is 7.18. The van der Waals surface area contributed by atoms with Gasteiger partial charge < -0.3 is 5.73 Å². The standard InChI is InChI=1S/C19H12ClN3OS/c20-12-6-4-11(5-7-12)17(24)18-16(21)13-8-9-15(23-19(13)25-18)14-3-1-2-10-22-14/h1-10H,21H2. The molecule has 0 radical (unpaired) electrons. The Morgan fingerprint density at radius 3 is 2.52 bits per heavy atom. The predicted octanol–water partition coefficient (Wildman–Crippen LogP) is 4.82. The first-order valence-corrected chi connectivity index (χ1v) is 8.73. The topological polar surface area (TPSA) is 68.9 Å². The fraction of sp³-hybridized carbons (Fsp3) is 0. The van der Waals surface area contributed by atoms with Crippen LogP contribution in [-0.2, 0) is 0 Å². The Hall–Kier alpha value is -2.76. The number of hydrogen-bond donors (Lipinski definition) is 1. The van der Waals surface area contributed by atoms with Crippen molar-refractivity contribution >= 4 is 44.6 Å². The lowest BCUT2D eigenvalue weighted by Crippen LogP contribution is -2.01. The average Bonchev–Trinajstić information content (AvgIpc) is 2.98. The highest BCUT2D eigenvalue weighted by Crippen LogP contribution is 2.35. The number of thiophene rings is 1. The van der Waals surface area contributed by atoms with Crippen LogP contribution in [0.4, 0.5) is 5.69 Å². The highest BCUT2D eigenvalue weighted by atomic mass is 35.5. The number of pyridine rings is 2. The van der Waals surface area contributed by atoms with Crippen LogP contribution in [0.2, 0.25) is 5.02 Å². The third kappa shape index (κ3) is 2.88. The van der Waals surface area contributed by atoms with Crippen LogP contribution >= 0.6 is 22.9 Å². The minimum atomic E-state index is -0.128. The number of ketones is 1. The van der Waals surface area contributed by atoms with E-state index in [1.807, 2.05) is 30.3 Å². The summed E-state index contributed by atoms with van der Waals surface area (Å²) in [5, 5.41) is 1.37. The predicted molar refractivity (Wildman–Crippen MR) is 102 cm³/mol. The molecule has 3 heterocycles. The molecule has 0 amide bonds. The molecule has 0 atom stereocenters. The van der Waals surface area contributed by atoms with E-state index in [1.54, 1.807) is 30.5 Å². The van der Waals surface area contributed by atoms with Crippen molar-refractivity contribution in [2.45, 2.75) is 0 Å². The summed E-state index contributed by atoms with van der Waals surface area (Å²) in [6, 6.07) is 16.2. The molecule has 2 N–H and O–H groups in total. The maximum Gasteiger partial charge on any atom is 0.205 e. The van der Waals surface area contributed by atoms with Gasteiger partial charge in [-0.05, 0) is 48.5 Å². The molecule has 4 nitrogen and oxygen atoms in total. The number of halogens is 1. The van der Waals surface area contributed by atoms with Gasteiger partial charge >= 0.3 is 0 Å². The molecule has 0 unspecified atom stereocenters. The lowest BCUT2D eigenvalue weighted by atomic mass is 10.1. The maximum absolute atomic E-state index is 12.8. The van der Waals surface area contributed by atoms with Gasteiger partial charge in [0.05, 0.1) is 17.1 Å². The van der Waals surface area contributed by atoms with Crippen molar-refractivity contribution in [1.82, 2.24) is 9.97 Å². The number of anilines is 1. The Kier molecular flexibility index (Phi) is 3.95. The van der Waals surface area contributed by atoms with Gasteiger partial charge in [-0.15, -0.1) is 11.3 Å². The fourth-order valence-corrected chi connectivity index (χ4v) is 3.74. The van der Waals surface area contributed by atoms with Crippen molar-refractivity contribution in [3.05, 3.63) is 76.3 Å². The Morgan fingerprint density at radius 2 is 1.80 bits per heavy atom. The number of nitrogens with zero attached hydrogens (tertiary/aromatic N) is 2. The maximum atomic E-state index is 12.8. The van der Waals surface area contributed by atoms with Crippen molar-refractivity contribution in [2.24, 2.45) is 0 Å². The molecule has 6 heteroatoms. The van der Waals surface area contributed by atoms with Crippen molar-refractivity contribution in [2.75, 3.05) is 5.73 Å². The molecule has 0 bridgehead atoms. The van der Waals surface area contributed by atoms with Crippen LogP contribution in [0, 0.1) is 0 Å². The van der Waals surface area contributed by atoms with Gasteiger partial charge in [-0.3, -0.25) is 9.78 Å². The molecule has 122 valence electrons. The van der Waals surface area contributed by atoms with Crippen molar-refractivity contribution in [1.29, 1.82) is 0 Å². The minimum Gasteiger partial charge on any atom is -0.397 e. The smallest absolute Gasteiger partial charge is 0.205 e. The van der Waals surface area contributed by atoms with Gasteiger partial charge in [0.15, 0.2) is 0 Å². The van der Waals surface area contributed by atoms with Crippen molar-refractivity contribution < 1.29 is 4.79 Å². The van der Waals surface area contributed by atoms with E-state index in [0.717, 1.165) is 21.6 Å². The van der Waals surface area contributed by atoms with Crippen LogP contribution in [-0.4, -0.2) is 15.8 Å². The second-order valence-electron chi connectivity index (χ2n) is 5.45. The second-order valence-corrected chi connectivity index (χ2v) is 6.88. The number of nitrogens with two attached hydrogens (primary N) is 1. The molecule has 0 aliphatic carbocycles. The van der Waals surface area contributed by atoms with Gasteiger partial charge in [-0.2, -0.15) is 0 Å². The quantitative estimate of drug-likeness (QED) is 0.528. The molecule has 1 aromatic carbocycles. The van der Waals surface area contributed by atoms with E-state index in [0.29, 0.717) is 21.2 Å². The van der Waals surface area contributed by atoms with E-state index < -0.39 is 0 Å². The summed E-state index contributed by atoms with van der Waals surface area (Å²) in [5.74, 6) is -0.128. The minimum absolute atomic E-state index is 0.128. The fourth-order valence-electron chi connectivity index (χ4n) is 2.56. The zero-order chi connectivity index (χ0) is 17.4. The van der Waals surface area contributed by atoms with E-state index >= 15 is 0 Å². The van der Waals surface area contributed by atoms with E-state index in [4.69, 9.17) is 17.3 Å². The van der Waals surface area contributed by atoms with Gasteiger partial charge in [0.25, 0.3) is 0 Å². The molecule has 4 rings (SSSR count). The average molecular weight is 366 g/mol. The highest BCUT2D eigenvalue weighted by Gasteiger charge is 2.19. The monoisotopic (exact) mass is 365 g/mol. The van der Waals surface area contributed by atoms with Crippen LogP contribution in [0.3, 0.4) is 0 Å². The van der Waals surface area contributed by atoms with Gasteiger partial charge in [0, 0.05) is 22.2 Å². The first-order chi connectivity index (χ1) is 12.1. The van der Waals surface area contributed by atoms with E-state index in [2.05, 4.69) is 9.97 Å². The number of carbonyl (C=O) groups excluding carboxylic acids is 1. The summed E-state index contributed by atoms with van der Waals surface area (Å²) in [5.41, 5.74) is 8.74. The number of benzene rings is 1. The molecule has 0 saturated carbocycles. The molecule has 0 aliphatic rings. The van der Waals surface area contributed by atoms with Crippen LogP contribution < -0.4 is 5.73 Å². The van der Waals surface area contributed by atoms with Crippen LogP contribution in [0.15, 0.2) is 60.8 Å². The Morgan fingerprint density at radius 1 is 1.00 bits per heavy atom. The summed E-state index contributed by atoms with van der Waals surface area (Å²) in [4.78, 5) is 22.9. The molecule has 3 aromatic heterocycles. The highest BCUT2D eigenvalue weighted by molar-refractivity contribution is 7.21. The van der Waals surface area contributed by atoms with Crippen molar-refractivity contribution in [3.63, 3.8) is 0 Å². The summed E-state index contributed by atoms with van der Waals surface area (Å²) in [7, 11) is 0. The number of rotatable bonds is 3. The largest absolute Gasteiger partial charge is 0.397 e. The summed E-state index contributed by atoms with van der Waals surface area (Å²) < 4.78 is 0. The molecule has 4 aromatic rings. The zero-order valence-electron chi connectivity index (χ0n) is 12.9. The number of nitrogen functional groups attached to an aromatic ring is 1. The Balaban J connectivity index is 1.79. The van der Waals surface area contributed by atoms with Gasteiger partial charge in [0.1, 0.15) is 9.71 Å². The summed E-state index contributed by atoms with van der Waals surface area (Å²) in [6.45, 7) is 0. The second kappa shape index (κ2) is 6.27. The SMILES string of the molecule is Nc1c(C(=O)c2ccc(Cl)cc2)sc2nc(-c3ccccn3)ccc12. The molecule has 0 spiro atoms. The van der Waals surface area contributed by atoms with E-state index in [1.165, 1.54) is 11.3 Å². The molecular formula is C19H12ClN3OS. The van der Waals surface area contributed by atoms with Crippen LogP contribution in [0.1, 0.15) is 15.2 Å². The molecule has 0 aliphatic heterocycles. The van der Waals surface area contributed by atoms with Gasteiger partial charge in [0.2, 0.25) is 5.78 Å². The van der Waals surface area contributed by atoms with Crippen LogP contribution in [0.25, 0.3) is 21.6 Å². The normalized spacial score (nSPS) is 10.9. The lowest BCUT2D eigenvalue weighted by molar-refractivity contribution is 0.104. The van der Waals surface area contributed by atoms with Crippen LogP contribution in [0.5, 0.6) is 0 Å². The number of hydrogen-bond acceptors (Lipinski definition) is 5. The first-order valence-electron chi connectivity index (χ1n) is 7.54. The van der Waals surface area contributed by atoms with Gasteiger partial charge in [-0.1, -0.05) is 17.7 Å². The van der Waals surface area contributed by atoms with E-state index in [9.17, 15) is 4.79 Å². The molecule has 0 fully saturated rings. The number of carbonyl (C=O) groups is 1. The third-order valence-corrected chi connectivity index (χ3v) is 5.20. The number of fused-ring (bicyclic) bond motifs is 1. The molecular weight excluding hydrogens is 354 g/mol. The Labute approximate surface area is 152 Å². The zero-order valence-corrected chi connectivity index (χ0v) is 14.5. The Bertz CT molecular complexity index is 1080. The lowest BCUT2D eigenvalue weighted by Gasteiger charge is -2.00. The third-order valence-electron chi connectivity index (χ3n) is 3.83. The summed E-state index contributed by atoms with van der Waals surface area (Å²) in [6.07, 6.45) is 1.72.